The van der Waals surface area contributed by atoms with Crippen LogP contribution in [0.2, 0.25) is 0 Å². The fourth-order valence-electron chi connectivity index (χ4n) is 0.633. The van der Waals surface area contributed by atoms with E-state index in [9.17, 15) is 13.2 Å². The Morgan fingerprint density at radius 2 is 2.20 bits per heavy atom. The van der Waals surface area contributed by atoms with Crippen LogP contribution in [0.15, 0.2) is 4.99 Å². The van der Waals surface area contributed by atoms with Gasteiger partial charge in [0.15, 0.2) is 0 Å². The van der Waals surface area contributed by atoms with Crippen LogP contribution in [0.3, 0.4) is 0 Å². The molecule has 0 aromatic carbocycles. The van der Waals surface area contributed by atoms with Gasteiger partial charge in [-0.15, -0.1) is 0 Å². The Morgan fingerprint density at radius 3 is 2.40 bits per heavy atom. The number of ether oxygens (including phenoxy) is 1. The van der Waals surface area contributed by atoms with Crippen LogP contribution >= 0.6 is 0 Å². The highest BCUT2D eigenvalue weighted by atomic mass is 19.4. The van der Waals surface area contributed by atoms with Crippen molar-refractivity contribution in [3.05, 3.63) is 0 Å². The first kappa shape index (κ1) is 7.37. The average Bonchev–Trinajstić information content (AvgIpc) is 2.11. The van der Waals surface area contributed by atoms with E-state index in [-0.39, 0.29) is 6.54 Å². The van der Waals surface area contributed by atoms with Crippen LogP contribution < -0.4 is 0 Å². The summed E-state index contributed by atoms with van der Waals surface area (Å²) >= 11 is 0. The summed E-state index contributed by atoms with van der Waals surface area (Å²) < 4.78 is 39.4. The molecule has 5 heteroatoms. The van der Waals surface area contributed by atoms with Crippen molar-refractivity contribution in [3.63, 3.8) is 0 Å². The number of halogens is 3. The molecule has 0 aliphatic carbocycles. The maximum Gasteiger partial charge on any atom is 0.468 e. The van der Waals surface area contributed by atoms with Crippen molar-refractivity contribution in [1.29, 1.82) is 0 Å². The second-order valence-electron chi connectivity index (χ2n) is 2.07. The number of alkyl halides is 3. The molecule has 0 aromatic heterocycles. The zero-order valence-electron chi connectivity index (χ0n) is 5.27. The van der Waals surface area contributed by atoms with E-state index in [4.69, 9.17) is 0 Å². The second-order valence-corrected chi connectivity index (χ2v) is 2.07. The van der Waals surface area contributed by atoms with Crippen LogP contribution in [0, 0.1) is 0 Å². The molecule has 0 amide bonds. The van der Waals surface area contributed by atoms with E-state index in [1.54, 1.807) is 6.92 Å². The highest BCUT2D eigenvalue weighted by Gasteiger charge is 2.41. The van der Waals surface area contributed by atoms with Gasteiger partial charge in [0, 0.05) is 0 Å². The Bertz CT molecular complexity index is 163. The molecule has 1 aliphatic heterocycles. The highest BCUT2D eigenvalue weighted by Crippen LogP contribution is 2.22. The first-order chi connectivity index (χ1) is 4.50. The van der Waals surface area contributed by atoms with E-state index in [0.29, 0.717) is 0 Å². The molecule has 1 aliphatic rings. The Labute approximate surface area is 55.7 Å². The topological polar surface area (TPSA) is 21.6 Å². The standard InChI is InChI=1S/C5H6F3NO/c1-3-2-9-4(10-3)5(6,7)8/h3H,2H2,1H3. The lowest BCUT2D eigenvalue weighted by Gasteiger charge is -2.07. The second kappa shape index (κ2) is 2.14. The van der Waals surface area contributed by atoms with Crippen LogP contribution in [0.4, 0.5) is 13.2 Å². The summed E-state index contributed by atoms with van der Waals surface area (Å²) in [6.07, 6.45) is -4.85. The maximum atomic E-state index is 11.7. The first-order valence-electron chi connectivity index (χ1n) is 2.78. The molecule has 10 heavy (non-hydrogen) atoms. The molecule has 1 unspecified atom stereocenters. The minimum Gasteiger partial charge on any atom is -0.470 e. The summed E-state index contributed by atoms with van der Waals surface area (Å²) in [7, 11) is 0. The SMILES string of the molecule is CC1CN=C(C(F)(F)F)O1. The summed E-state index contributed by atoms with van der Waals surface area (Å²) in [5.74, 6) is -1.10. The summed E-state index contributed by atoms with van der Waals surface area (Å²) in [4.78, 5) is 3.16. The number of hydrogen-bond acceptors (Lipinski definition) is 2. The first-order valence-corrected chi connectivity index (χ1v) is 2.78. The predicted molar refractivity (Wildman–Crippen MR) is 28.9 cm³/mol. The Balaban J connectivity index is 2.60. The van der Waals surface area contributed by atoms with E-state index in [1.807, 2.05) is 0 Å². The smallest absolute Gasteiger partial charge is 0.468 e. The lowest BCUT2D eigenvalue weighted by atomic mass is 10.4. The molecule has 0 aromatic rings. The van der Waals surface area contributed by atoms with E-state index in [2.05, 4.69) is 9.73 Å². The van der Waals surface area contributed by atoms with Crippen molar-refractivity contribution in [2.24, 2.45) is 4.99 Å². The zero-order chi connectivity index (χ0) is 7.78. The quantitative estimate of drug-likeness (QED) is 0.515. The normalized spacial score (nSPS) is 26.0. The molecule has 0 saturated carbocycles. The van der Waals surface area contributed by atoms with Gasteiger partial charge in [-0.2, -0.15) is 13.2 Å². The molecule has 0 fully saturated rings. The average molecular weight is 153 g/mol. The lowest BCUT2D eigenvalue weighted by molar-refractivity contribution is -0.0782. The van der Waals surface area contributed by atoms with Crippen molar-refractivity contribution >= 4 is 5.90 Å². The van der Waals surface area contributed by atoms with Gasteiger partial charge in [0.05, 0.1) is 6.54 Å². The van der Waals surface area contributed by atoms with Crippen LogP contribution in [-0.2, 0) is 4.74 Å². The monoisotopic (exact) mass is 153 g/mol. The van der Waals surface area contributed by atoms with Crippen LogP contribution in [0.25, 0.3) is 0 Å². The fourth-order valence-corrected chi connectivity index (χ4v) is 0.633. The van der Waals surface area contributed by atoms with Gasteiger partial charge < -0.3 is 4.74 Å². The molecule has 1 atom stereocenters. The summed E-state index contributed by atoms with van der Waals surface area (Å²) in [6.45, 7) is 1.65. The maximum absolute atomic E-state index is 11.7. The van der Waals surface area contributed by atoms with Crippen LogP contribution in [0.5, 0.6) is 0 Å². The Kier molecular flexibility index (Phi) is 1.58. The third kappa shape index (κ3) is 1.40. The Hall–Kier alpha value is -0.740. The van der Waals surface area contributed by atoms with Gasteiger partial charge in [-0.25, -0.2) is 4.99 Å². The van der Waals surface area contributed by atoms with Gasteiger partial charge in [0.2, 0.25) is 0 Å². The third-order valence-corrected chi connectivity index (χ3v) is 1.05. The minimum atomic E-state index is -4.41. The van der Waals surface area contributed by atoms with Crippen molar-refractivity contribution in [2.75, 3.05) is 6.54 Å². The van der Waals surface area contributed by atoms with Crippen molar-refractivity contribution < 1.29 is 17.9 Å². The summed E-state index contributed by atoms with van der Waals surface area (Å²) in [6, 6.07) is 0. The predicted octanol–water partition coefficient (Wildman–Crippen LogP) is 1.37. The molecule has 1 heterocycles. The number of hydrogen-bond donors (Lipinski definition) is 0. The van der Waals surface area contributed by atoms with Gasteiger partial charge >= 0.3 is 6.18 Å². The van der Waals surface area contributed by atoms with E-state index < -0.39 is 18.2 Å². The van der Waals surface area contributed by atoms with Gasteiger partial charge in [0.1, 0.15) is 6.10 Å². The lowest BCUT2D eigenvalue weighted by Crippen LogP contribution is -2.24. The third-order valence-electron chi connectivity index (χ3n) is 1.05. The van der Waals surface area contributed by atoms with Crippen molar-refractivity contribution in [1.82, 2.24) is 0 Å². The van der Waals surface area contributed by atoms with Crippen LogP contribution in [-0.4, -0.2) is 24.7 Å². The highest BCUT2D eigenvalue weighted by molar-refractivity contribution is 5.83. The van der Waals surface area contributed by atoms with Gasteiger partial charge in [-0.1, -0.05) is 0 Å². The van der Waals surface area contributed by atoms with E-state index in [0.717, 1.165) is 0 Å². The van der Waals surface area contributed by atoms with E-state index in [1.165, 1.54) is 0 Å². The molecule has 0 radical (unpaired) electrons. The Morgan fingerprint density at radius 1 is 1.60 bits per heavy atom. The molecule has 1 rings (SSSR count). The van der Waals surface area contributed by atoms with E-state index >= 15 is 0 Å². The molecular weight excluding hydrogens is 147 g/mol. The number of aliphatic imine (C=N–C) groups is 1. The number of rotatable bonds is 0. The zero-order valence-corrected chi connectivity index (χ0v) is 5.27. The molecular formula is C5H6F3NO. The molecule has 2 nitrogen and oxygen atoms in total. The largest absolute Gasteiger partial charge is 0.470 e. The van der Waals surface area contributed by atoms with Gasteiger partial charge in [0.25, 0.3) is 5.90 Å². The molecule has 0 bridgehead atoms. The van der Waals surface area contributed by atoms with Crippen molar-refractivity contribution in [2.45, 2.75) is 19.2 Å². The molecule has 58 valence electrons. The van der Waals surface area contributed by atoms with Crippen LogP contribution in [0.1, 0.15) is 6.92 Å². The fraction of sp³-hybridized carbons (Fsp3) is 0.800. The molecule has 0 spiro atoms. The summed E-state index contributed by atoms with van der Waals surface area (Å²) in [5, 5.41) is 0. The number of nitrogens with zero attached hydrogens (tertiary/aromatic N) is 1. The van der Waals surface area contributed by atoms with Gasteiger partial charge in [-0.05, 0) is 6.92 Å². The molecule has 0 N–H and O–H groups in total. The minimum absolute atomic E-state index is 0.106. The van der Waals surface area contributed by atoms with Crippen molar-refractivity contribution in [3.8, 4) is 0 Å². The molecule has 0 saturated heterocycles. The summed E-state index contributed by atoms with van der Waals surface area (Å²) in [5.41, 5.74) is 0. The van der Waals surface area contributed by atoms with Gasteiger partial charge in [-0.3, -0.25) is 0 Å².